The standard InChI is InChI=1S/C22H21FN4OS/c1-29-20-5-3-2-4-18(20)22(28)27-12-10-26(11-13-27)21-14-19(24-15-25-21)16-6-8-17(23)9-7-16/h2-9,14-15H,10-13H2,1H3. The van der Waals surface area contributed by atoms with Crippen LogP contribution in [0.2, 0.25) is 0 Å². The van der Waals surface area contributed by atoms with E-state index in [1.54, 1.807) is 23.9 Å². The lowest BCUT2D eigenvalue weighted by Gasteiger charge is -2.35. The summed E-state index contributed by atoms with van der Waals surface area (Å²) in [5.74, 6) is 0.618. The van der Waals surface area contributed by atoms with Gasteiger partial charge in [-0.2, -0.15) is 0 Å². The minimum atomic E-state index is -0.271. The van der Waals surface area contributed by atoms with Crippen molar-refractivity contribution in [3.05, 3.63) is 72.3 Å². The Kier molecular flexibility index (Phi) is 5.76. The van der Waals surface area contributed by atoms with E-state index in [2.05, 4.69) is 14.9 Å². The van der Waals surface area contributed by atoms with E-state index in [1.165, 1.54) is 18.5 Å². The topological polar surface area (TPSA) is 49.3 Å². The second-order valence-corrected chi connectivity index (χ2v) is 7.60. The quantitative estimate of drug-likeness (QED) is 0.612. The number of aromatic nitrogens is 2. The van der Waals surface area contributed by atoms with Gasteiger partial charge in [0.1, 0.15) is 18.0 Å². The van der Waals surface area contributed by atoms with Gasteiger partial charge in [0.05, 0.1) is 11.3 Å². The molecule has 0 atom stereocenters. The Bertz CT molecular complexity index is 1000. The molecule has 3 aromatic rings. The molecule has 1 aromatic heterocycles. The molecule has 1 amide bonds. The van der Waals surface area contributed by atoms with Crippen LogP contribution in [-0.2, 0) is 0 Å². The van der Waals surface area contributed by atoms with E-state index < -0.39 is 0 Å². The molecule has 29 heavy (non-hydrogen) atoms. The van der Waals surface area contributed by atoms with E-state index in [4.69, 9.17) is 0 Å². The molecule has 0 N–H and O–H groups in total. The van der Waals surface area contributed by atoms with Crippen molar-refractivity contribution in [2.75, 3.05) is 37.3 Å². The highest BCUT2D eigenvalue weighted by Crippen LogP contribution is 2.24. The average Bonchev–Trinajstić information content (AvgIpc) is 2.79. The number of benzene rings is 2. The number of halogens is 1. The molecule has 0 unspecified atom stereocenters. The molecule has 0 spiro atoms. The van der Waals surface area contributed by atoms with Gasteiger partial charge in [-0.05, 0) is 42.7 Å². The van der Waals surface area contributed by atoms with Crippen molar-refractivity contribution >= 4 is 23.5 Å². The Hall–Kier alpha value is -2.93. The lowest BCUT2D eigenvalue weighted by molar-refractivity contribution is 0.0743. The van der Waals surface area contributed by atoms with Crippen molar-refractivity contribution in [3.63, 3.8) is 0 Å². The van der Waals surface area contributed by atoms with Gasteiger partial charge in [0.2, 0.25) is 0 Å². The largest absolute Gasteiger partial charge is 0.353 e. The maximum Gasteiger partial charge on any atom is 0.255 e. The number of nitrogens with zero attached hydrogens (tertiary/aromatic N) is 4. The normalized spacial score (nSPS) is 14.1. The number of thioether (sulfide) groups is 1. The van der Waals surface area contributed by atoms with Crippen molar-refractivity contribution in [2.24, 2.45) is 0 Å². The smallest absolute Gasteiger partial charge is 0.255 e. The van der Waals surface area contributed by atoms with Crippen LogP contribution in [-0.4, -0.2) is 53.2 Å². The molecule has 2 aromatic carbocycles. The van der Waals surface area contributed by atoms with Crippen LogP contribution >= 0.6 is 11.8 Å². The van der Waals surface area contributed by atoms with Crippen molar-refractivity contribution in [3.8, 4) is 11.3 Å². The summed E-state index contributed by atoms with van der Waals surface area (Å²) in [6.07, 6.45) is 3.51. The van der Waals surface area contributed by atoms with Crippen LogP contribution in [0.15, 0.2) is 65.8 Å². The number of carbonyl (C=O) groups is 1. The van der Waals surface area contributed by atoms with Crippen LogP contribution in [0, 0.1) is 5.82 Å². The molecule has 4 rings (SSSR count). The van der Waals surface area contributed by atoms with Crippen LogP contribution in [0.5, 0.6) is 0 Å². The van der Waals surface area contributed by atoms with E-state index in [9.17, 15) is 9.18 Å². The lowest BCUT2D eigenvalue weighted by Crippen LogP contribution is -2.49. The van der Waals surface area contributed by atoms with Gasteiger partial charge in [-0.25, -0.2) is 14.4 Å². The monoisotopic (exact) mass is 408 g/mol. The van der Waals surface area contributed by atoms with Crippen LogP contribution in [0.4, 0.5) is 10.2 Å². The zero-order valence-corrected chi connectivity index (χ0v) is 16.9. The Labute approximate surface area is 173 Å². The summed E-state index contributed by atoms with van der Waals surface area (Å²) in [7, 11) is 0. The number of piperazine rings is 1. The highest BCUT2D eigenvalue weighted by molar-refractivity contribution is 7.98. The Balaban J connectivity index is 1.45. The van der Waals surface area contributed by atoms with Crippen LogP contribution in [0.3, 0.4) is 0 Å². The fourth-order valence-electron chi connectivity index (χ4n) is 3.43. The van der Waals surface area contributed by atoms with Gasteiger partial charge in [-0.1, -0.05) is 12.1 Å². The van der Waals surface area contributed by atoms with E-state index in [0.717, 1.165) is 27.5 Å². The third-order valence-corrected chi connectivity index (χ3v) is 5.82. The highest BCUT2D eigenvalue weighted by atomic mass is 32.2. The first-order chi connectivity index (χ1) is 14.2. The molecule has 148 valence electrons. The van der Waals surface area contributed by atoms with Gasteiger partial charge in [0.15, 0.2) is 0 Å². The molecular weight excluding hydrogens is 387 g/mol. The minimum Gasteiger partial charge on any atom is -0.353 e. The van der Waals surface area contributed by atoms with E-state index in [0.29, 0.717) is 26.2 Å². The summed E-state index contributed by atoms with van der Waals surface area (Å²) in [4.78, 5) is 26.7. The highest BCUT2D eigenvalue weighted by Gasteiger charge is 2.24. The zero-order chi connectivity index (χ0) is 20.2. The SMILES string of the molecule is CSc1ccccc1C(=O)N1CCN(c2cc(-c3ccc(F)cc3)ncn2)CC1. The number of rotatable bonds is 4. The van der Waals surface area contributed by atoms with Crippen molar-refractivity contribution in [1.82, 2.24) is 14.9 Å². The molecule has 1 fully saturated rings. The summed E-state index contributed by atoms with van der Waals surface area (Å²) < 4.78 is 13.2. The summed E-state index contributed by atoms with van der Waals surface area (Å²) in [6, 6.07) is 15.9. The van der Waals surface area contributed by atoms with Gasteiger partial charge in [0, 0.05) is 42.7 Å². The molecule has 5 nitrogen and oxygen atoms in total. The molecule has 0 saturated carbocycles. The average molecular weight is 409 g/mol. The lowest BCUT2D eigenvalue weighted by atomic mass is 10.1. The van der Waals surface area contributed by atoms with Crippen molar-refractivity contribution in [1.29, 1.82) is 0 Å². The summed E-state index contributed by atoms with van der Waals surface area (Å²) in [5.41, 5.74) is 2.36. The van der Waals surface area contributed by atoms with Gasteiger partial charge in [0.25, 0.3) is 5.91 Å². The van der Waals surface area contributed by atoms with Gasteiger partial charge in [-0.15, -0.1) is 11.8 Å². The Morgan fingerprint density at radius 3 is 2.45 bits per heavy atom. The molecule has 1 saturated heterocycles. The second kappa shape index (κ2) is 8.61. The summed E-state index contributed by atoms with van der Waals surface area (Å²) >= 11 is 1.59. The maximum absolute atomic E-state index is 13.2. The molecular formula is C22H21FN4OS. The zero-order valence-electron chi connectivity index (χ0n) is 16.1. The predicted molar refractivity (Wildman–Crippen MR) is 114 cm³/mol. The molecule has 0 radical (unpaired) electrons. The van der Waals surface area contributed by atoms with Gasteiger partial charge < -0.3 is 9.80 Å². The molecule has 1 aliphatic heterocycles. The summed E-state index contributed by atoms with van der Waals surface area (Å²) in [5, 5.41) is 0. The molecule has 0 aliphatic carbocycles. The number of carbonyl (C=O) groups excluding carboxylic acids is 1. The van der Waals surface area contributed by atoms with Crippen LogP contribution in [0.1, 0.15) is 10.4 Å². The molecule has 7 heteroatoms. The first-order valence-corrected chi connectivity index (χ1v) is 10.6. The van der Waals surface area contributed by atoms with E-state index in [1.807, 2.05) is 41.5 Å². The van der Waals surface area contributed by atoms with Crippen LogP contribution < -0.4 is 4.90 Å². The van der Waals surface area contributed by atoms with Crippen molar-refractivity contribution < 1.29 is 9.18 Å². The van der Waals surface area contributed by atoms with E-state index in [-0.39, 0.29) is 11.7 Å². The Morgan fingerprint density at radius 1 is 1.00 bits per heavy atom. The fraction of sp³-hybridized carbons (Fsp3) is 0.227. The van der Waals surface area contributed by atoms with E-state index >= 15 is 0 Å². The molecule has 1 aliphatic rings. The predicted octanol–water partition coefficient (Wildman–Crippen LogP) is 3.97. The number of hydrogen-bond donors (Lipinski definition) is 0. The summed E-state index contributed by atoms with van der Waals surface area (Å²) in [6.45, 7) is 2.68. The maximum atomic E-state index is 13.2. The molecule has 2 heterocycles. The number of hydrogen-bond acceptors (Lipinski definition) is 5. The van der Waals surface area contributed by atoms with Crippen LogP contribution in [0.25, 0.3) is 11.3 Å². The first kappa shape index (κ1) is 19.4. The first-order valence-electron chi connectivity index (χ1n) is 9.41. The second-order valence-electron chi connectivity index (χ2n) is 6.75. The third kappa shape index (κ3) is 4.24. The Morgan fingerprint density at radius 2 is 1.72 bits per heavy atom. The number of amides is 1. The number of anilines is 1. The van der Waals surface area contributed by atoms with Crippen molar-refractivity contribution in [2.45, 2.75) is 4.90 Å². The third-order valence-electron chi connectivity index (χ3n) is 5.02. The van der Waals surface area contributed by atoms with Gasteiger partial charge >= 0.3 is 0 Å². The minimum absolute atomic E-state index is 0.0734. The van der Waals surface area contributed by atoms with Gasteiger partial charge in [-0.3, -0.25) is 4.79 Å². The fourth-order valence-corrected chi connectivity index (χ4v) is 4.02. The molecule has 0 bridgehead atoms.